The van der Waals surface area contributed by atoms with E-state index in [9.17, 15) is 0 Å². The van der Waals surface area contributed by atoms with Gasteiger partial charge in [-0.15, -0.1) is 0 Å². The van der Waals surface area contributed by atoms with Gasteiger partial charge >= 0.3 is 0 Å². The van der Waals surface area contributed by atoms with Gasteiger partial charge in [-0.2, -0.15) is 0 Å². The average Bonchev–Trinajstić information content (AvgIpc) is 2.83. The van der Waals surface area contributed by atoms with Crippen LogP contribution >= 0.6 is 0 Å². The standard InChI is InChI=1S/C30H28/c1-24(28-15-9-4-10-16-28)30-22-20-27(18-17-25-11-5-2-6-12-25)23-29(30)21-19-26-13-7-3-8-14-26/h2-16,20,22-23H,1,17-19,21H2. The molecule has 4 aromatic carbocycles. The van der Waals surface area contributed by atoms with Gasteiger partial charge in [0.2, 0.25) is 0 Å². The molecule has 0 aromatic heterocycles. The number of hydrogen-bond donors (Lipinski definition) is 0. The predicted octanol–water partition coefficient (Wildman–Crippen LogP) is 7.32. The van der Waals surface area contributed by atoms with Crippen LogP contribution in [0.25, 0.3) is 5.57 Å². The summed E-state index contributed by atoms with van der Waals surface area (Å²) in [6.45, 7) is 4.43. The van der Waals surface area contributed by atoms with Gasteiger partial charge in [0.15, 0.2) is 0 Å². The van der Waals surface area contributed by atoms with E-state index in [0.717, 1.165) is 31.3 Å². The second-order valence-electron chi connectivity index (χ2n) is 7.81. The first kappa shape index (κ1) is 19.9. The maximum atomic E-state index is 4.43. The predicted molar refractivity (Wildman–Crippen MR) is 129 cm³/mol. The molecule has 0 heteroatoms. The highest BCUT2D eigenvalue weighted by Crippen LogP contribution is 2.27. The Kier molecular flexibility index (Phi) is 6.57. The second-order valence-corrected chi connectivity index (χ2v) is 7.81. The van der Waals surface area contributed by atoms with Gasteiger partial charge in [-0.1, -0.05) is 116 Å². The van der Waals surface area contributed by atoms with E-state index in [1.807, 2.05) is 0 Å². The van der Waals surface area contributed by atoms with E-state index in [2.05, 4.69) is 116 Å². The molecule has 0 aliphatic rings. The van der Waals surface area contributed by atoms with Crippen molar-refractivity contribution in [1.82, 2.24) is 0 Å². The van der Waals surface area contributed by atoms with Gasteiger partial charge in [0.1, 0.15) is 0 Å². The fourth-order valence-corrected chi connectivity index (χ4v) is 3.96. The van der Waals surface area contributed by atoms with Gasteiger partial charge < -0.3 is 0 Å². The molecule has 4 rings (SSSR count). The van der Waals surface area contributed by atoms with E-state index < -0.39 is 0 Å². The lowest BCUT2D eigenvalue weighted by Gasteiger charge is -2.15. The SMILES string of the molecule is C=C(c1ccccc1)c1ccc(CCc2ccccc2)cc1CCc1ccccc1. The van der Waals surface area contributed by atoms with Crippen molar-refractivity contribution in [3.8, 4) is 0 Å². The van der Waals surface area contributed by atoms with Gasteiger partial charge in [0, 0.05) is 0 Å². The van der Waals surface area contributed by atoms with Crippen molar-refractivity contribution in [2.75, 3.05) is 0 Å². The number of hydrogen-bond acceptors (Lipinski definition) is 0. The van der Waals surface area contributed by atoms with Crippen LogP contribution in [0.5, 0.6) is 0 Å². The van der Waals surface area contributed by atoms with Crippen LogP contribution in [-0.2, 0) is 25.7 Å². The first-order chi connectivity index (χ1) is 14.8. The lowest BCUT2D eigenvalue weighted by atomic mass is 9.90. The third-order valence-corrected chi connectivity index (χ3v) is 5.69. The minimum Gasteiger partial charge on any atom is -0.0905 e. The van der Waals surface area contributed by atoms with Crippen LogP contribution in [0.1, 0.15) is 33.4 Å². The number of aryl methyl sites for hydroxylation is 4. The highest BCUT2D eigenvalue weighted by molar-refractivity contribution is 5.80. The molecule has 4 aromatic rings. The van der Waals surface area contributed by atoms with Crippen molar-refractivity contribution < 1.29 is 0 Å². The topological polar surface area (TPSA) is 0 Å². The molecule has 0 nitrogen and oxygen atoms in total. The van der Waals surface area contributed by atoms with Crippen molar-refractivity contribution in [2.45, 2.75) is 25.7 Å². The van der Waals surface area contributed by atoms with Crippen LogP contribution in [0, 0.1) is 0 Å². The smallest absolute Gasteiger partial charge is 0.0152 e. The van der Waals surface area contributed by atoms with Crippen LogP contribution < -0.4 is 0 Å². The Morgan fingerprint density at radius 3 is 1.60 bits per heavy atom. The summed E-state index contributed by atoms with van der Waals surface area (Å²) in [4.78, 5) is 0. The zero-order valence-corrected chi connectivity index (χ0v) is 17.4. The molecule has 30 heavy (non-hydrogen) atoms. The van der Waals surface area contributed by atoms with Crippen LogP contribution in [0.3, 0.4) is 0 Å². The summed E-state index contributed by atoms with van der Waals surface area (Å²) >= 11 is 0. The van der Waals surface area contributed by atoms with Crippen molar-refractivity contribution in [2.24, 2.45) is 0 Å². The Morgan fingerprint density at radius 2 is 1.00 bits per heavy atom. The molecule has 0 aliphatic heterocycles. The van der Waals surface area contributed by atoms with Crippen molar-refractivity contribution in [3.05, 3.63) is 149 Å². The molecule has 0 atom stereocenters. The van der Waals surface area contributed by atoms with Crippen LogP contribution in [0.15, 0.2) is 116 Å². The third-order valence-electron chi connectivity index (χ3n) is 5.69. The summed E-state index contributed by atoms with van der Waals surface area (Å²) in [5.74, 6) is 0. The lowest BCUT2D eigenvalue weighted by molar-refractivity contribution is 0.927. The normalized spacial score (nSPS) is 10.7. The fourth-order valence-electron chi connectivity index (χ4n) is 3.96. The summed E-state index contributed by atoms with van der Waals surface area (Å²) in [5.41, 5.74) is 9.11. The minimum atomic E-state index is 1.02. The van der Waals surface area contributed by atoms with Crippen LogP contribution in [0.2, 0.25) is 0 Å². The molecule has 0 aliphatic carbocycles. The van der Waals surface area contributed by atoms with Crippen LogP contribution in [-0.4, -0.2) is 0 Å². The van der Waals surface area contributed by atoms with E-state index in [1.54, 1.807) is 0 Å². The molecule has 0 unspecified atom stereocenters. The lowest BCUT2D eigenvalue weighted by Crippen LogP contribution is -2.00. The Morgan fingerprint density at radius 1 is 0.500 bits per heavy atom. The van der Waals surface area contributed by atoms with Gasteiger partial charge in [0.25, 0.3) is 0 Å². The molecule has 0 heterocycles. The van der Waals surface area contributed by atoms with E-state index in [-0.39, 0.29) is 0 Å². The van der Waals surface area contributed by atoms with Gasteiger partial charge in [0.05, 0.1) is 0 Å². The fraction of sp³-hybridized carbons (Fsp3) is 0.133. The highest BCUT2D eigenvalue weighted by atomic mass is 14.1. The van der Waals surface area contributed by atoms with Crippen molar-refractivity contribution in [3.63, 3.8) is 0 Å². The summed E-state index contributed by atoms with van der Waals surface area (Å²) in [7, 11) is 0. The molecule has 0 bridgehead atoms. The summed E-state index contributed by atoms with van der Waals surface area (Å²) in [5, 5.41) is 0. The Labute approximate surface area is 180 Å². The Hall–Kier alpha value is -3.38. The first-order valence-corrected chi connectivity index (χ1v) is 10.7. The molecule has 0 N–H and O–H groups in total. The maximum Gasteiger partial charge on any atom is -0.0152 e. The van der Waals surface area contributed by atoms with Crippen LogP contribution in [0.4, 0.5) is 0 Å². The molecule has 0 saturated heterocycles. The van der Waals surface area contributed by atoms with Gasteiger partial charge in [-0.25, -0.2) is 0 Å². The molecule has 0 amide bonds. The number of rotatable bonds is 8. The minimum absolute atomic E-state index is 1.02. The largest absolute Gasteiger partial charge is 0.0905 e. The number of benzene rings is 4. The molecule has 0 fully saturated rings. The Balaban J connectivity index is 1.58. The highest BCUT2D eigenvalue weighted by Gasteiger charge is 2.10. The first-order valence-electron chi connectivity index (χ1n) is 10.7. The van der Waals surface area contributed by atoms with Crippen molar-refractivity contribution in [1.29, 1.82) is 0 Å². The second kappa shape index (κ2) is 9.89. The van der Waals surface area contributed by atoms with Gasteiger partial charge in [-0.3, -0.25) is 0 Å². The van der Waals surface area contributed by atoms with Crippen molar-refractivity contribution >= 4 is 5.57 Å². The quantitative estimate of drug-likeness (QED) is 0.297. The zero-order chi connectivity index (χ0) is 20.6. The molecule has 148 valence electrons. The third kappa shape index (κ3) is 5.15. The Bertz CT molecular complexity index is 1080. The summed E-state index contributed by atoms with van der Waals surface area (Å²) in [6.07, 6.45) is 4.18. The zero-order valence-electron chi connectivity index (χ0n) is 17.4. The van der Waals surface area contributed by atoms with E-state index in [1.165, 1.54) is 33.4 Å². The molecule has 0 radical (unpaired) electrons. The van der Waals surface area contributed by atoms with E-state index in [0.29, 0.717) is 0 Å². The average molecular weight is 389 g/mol. The summed E-state index contributed by atoms with van der Waals surface area (Å²) in [6, 6.07) is 38.9. The molecule has 0 saturated carbocycles. The molecule has 0 spiro atoms. The maximum absolute atomic E-state index is 4.43. The van der Waals surface area contributed by atoms with E-state index in [4.69, 9.17) is 0 Å². The molecular formula is C30H28. The monoisotopic (exact) mass is 388 g/mol. The summed E-state index contributed by atoms with van der Waals surface area (Å²) < 4.78 is 0. The van der Waals surface area contributed by atoms with Gasteiger partial charge in [-0.05, 0) is 64.6 Å². The molecular weight excluding hydrogens is 360 g/mol. The van der Waals surface area contributed by atoms with E-state index >= 15 is 0 Å².